The summed E-state index contributed by atoms with van der Waals surface area (Å²) in [6.07, 6.45) is 3.40. The predicted octanol–water partition coefficient (Wildman–Crippen LogP) is -0.966. The maximum atomic E-state index is 12.3. The molecule has 1 aromatic rings. The van der Waals surface area contributed by atoms with Crippen LogP contribution >= 0.6 is 0 Å². The molecule has 26 heavy (non-hydrogen) atoms. The zero-order chi connectivity index (χ0) is 19.2. The minimum absolute atomic E-state index is 0.141. The zero-order valence-electron chi connectivity index (χ0n) is 14.3. The van der Waals surface area contributed by atoms with Gasteiger partial charge in [0, 0.05) is 25.8 Å². The number of sulfonamides is 1. The summed E-state index contributed by atoms with van der Waals surface area (Å²) < 4.78 is 35.1. The predicted molar refractivity (Wildman–Crippen MR) is 90.1 cm³/mol. The highest BCUT2D eigenvalue weighted by Crippen LogP contribution is 2.11. The second kappa shape index (κ2) is 8.92. The van der Waals surface area contributed by atoms with Crippen molar-refractivity contribution in [3.8, 4) is 5.75 Å². The van der Waals surface area contributed by atoms with Crippen molar-refractivity contribution in [2.45, 2.75) is 6.10 Å². The fourth-order valence-corrected chi connectivity index (χ4v) is 3.20. The second-order valence-electron chi connectivity index (χ2n) is 5.76. The van der Waals surface area contributed by atoms with E-state index in [1.54, 1.807) is 18.3 Å². The minimum atomic E-state index is -3.71. The maximum Gasteiger partial charge on any atom is 0.318 e. The summed E-state index contributed by atoms with van der Waals surface area (Å²) in [5.41, 5.74) is 0. The van der Waals surface area contributed by atoms with Crippen LogP contribution in [-0.4, -0.2) is 91.3 Å². The topological polar surface area (TPSA) is 126 Å². The van der Waals surface area contributed by atoms with Gasteiger partial charge < -0.3 is 19.5 Å². The number of rotatable bonds is 8. The Morgan fingerprint density at radius 3 is 2.88 bits per heavy atom. The highest BCUT2D eigenvalue weighted by Gasteiger charge is 2.29. The number of aromatic nitrogens is 1. The SMILES string of the molecule is CS(=O)(=O)N(CC(=O)O)CC1CN(C(=O)COc2cccnc2)CCO1. The third-order valence-electron chi connectivity index (χ3n) is 3.68. The molecular weight excluding hydrogens is 366 g/mol. The number of carbonyl (C=O) groups is 2. The van der Waals surface area contributed by atoms with Crippen LogP contribution in [0.1, 0.15) is 0 Å². The van der Waals surface area contributed by atoms with Gasteiger partial charge in [0.1, 0.15) is 12.3 Å². The van der Waals surface area contributed by atoms with Crippen LogP contribution in [0.15, 0.2) is 24.5 Å². The molecule has 2 heterocycles. The van der Waals surface area contributed by atoms with E-state index < -0.39 is 28.6 Å². The first-order valence-corrected chi connectivity index (χ1v) is 9.69. The number of ether oxygens (including phenoxy) is 2. The number of aliphatic carboxylic acids is 1. The van der Waals surface area contributed by atoms with E-state index in [-0.39, 0.29) is 32.2 Å². The molecule has 0 saturated carbocycles. The minimum Gasteiger partial charge on any atom is -0.482 e. The van der Waals surface area contributed by atoms with Crippen molar-refractivity contribution in [1.29, 1.82) is 0 Å². The Kier molecular flexibility index (Phi) is 6.89. The Balaban J connectivity index is 1.90. The van der Waals surface area contributed by atoms with Crippen LogP contribution in [0.3, 0.4) is 0 Å². The Morgan fingerprint density at radius 2 is 2.27 bits per heavy atom. The van der Waals surface area contributed by atoms with Gasteiger partial charge in [-0.3, -0.25) is 14.6 Å². The molecule has 144 valence electrons. The molecule has 1 aliphatic heterocycles. The number of hydrogen-bond donors (Lipinski definition) is 1. The van der Waals surface area contributed by atoms with Crippen molar-refractivity contribution in [3.05, 3.63) is 24.5 Å². The number of pyridine rings is 1. The summed E-state index contributed by atoms with van der Waals surface area (Å²) in [7, 11) is -3.71. The van der Waals surface area contributed by atoms with E-state index in [1.165, 1.54) is 11.1 Å². The average molecular weight is 387 g/mol. The Bertz CT molecular complexity index is 726. The van der Waals surface area contributed by atoms with E-state index in [1.807, 2.05) is 0 Å². The monoisotopic (exact) mass is 387 g/mol. The van der Waals surface area contributed by atoms with E-state index in [0.29, 0.717) is 12.3 Å². The van der Waals surface area contributed by atoms with Crippen LogP contribution in [-0.2, 0) is 24.3 Å². The van der Waals surface area contributed by atoms with Gasteiger partial charge in [0.05, 0.1) is 25.2 Å². The van der Waals surface area contributed by atoms with Gasteiger partial charge in [0.15, 0.2) is 6.61 Å². The van der Waals surface area contributed by atoms with Crippen LogP contribution in [0.25, 0.3) is 0 Å². The number of nitrogens with zero attached hydrogens (tertiary/aromatic N) is 3. The lowest BCUT2D eigenvalue weighted by Gasteiger charge is -2.34. The summed E-state index contributed by atoms with van der Waals surface area (Å²) in [6, 6.07) is 3.37. The van der Waals surface area contributed by atoms with Gasteiger partial charge in [-0.25, -0.2) is 8.42 Å². The lowest BCUT2D eigenvalue weighted by atomic mass is 10.2. The fourth-order valence-electron chi connectivity index (χ4n) is 2.42. The van der Waals surface area contributed by atoms with Gasteiger partial charge in [-0.15, -0.1) is 0 Å². The third-order valence-corrected chi connectivity index (χ3v) is 4.89. The average Bonchev–Trinajstić information content (AvgIpc) is 2.59. The van der Waals surface area contributed by atoms with Crippen molar-refractivity contribution in [2.75, 3.05) is 45.6 Å². The molecule has 0 spiro atoms. The highest BCUT2D eigenvalue weighted by molar-refractivity contribution is 7.88. The molecule has 1 unspecified atom stereocenters. The van der Waals surface area contributed by atoms with E-state index in [9.17, 15) is 18.0 Å². The number of carboxylic acids is 1. The fraction of sp³-hybridized carbons (Fsp3) is 0.533. The van der Waals surface area contributed by atoms with Crippen molar-refractivity contribution in [3.63, 3.8) is 0 Å². The highest BCUT2D eigenvalue weighted by atomic mass is 32.2. The summed E-state index contributed by atoms with van der Waals surface area (Å²) in [4.78, 5) is 28.5. The Labute approximate surface area is 151 Å². The van der Waals surface area contributed by atoms with E-state index in [0.717, 1.165) is 10.6 Å². The van der Waals surface area contributed by atoms with Crippen LogP contribution < -0.4 is 4.74 Å². The molecule has 2 rings (SSSR count). The molecule has 0 aromatic carbocycles. The molecule has 1 N–H and O–H groups in total. The zero-order valence-corrected chi connectivity index (χ0v) is 15.1. The van der Waals surface area contributed by atoms with Crippen molar-refractivity contribution < 1.29 is 32.6 Å². The van der Waals surface area contributed by atoms with Crippen LogP contribution in [0.2, 0.25) is 0 Å². The molecule has 0 radical (unpaired) electrons. The number of carbonyl (C=O) groups excluding carboxylic acids is 1. The normalized spacial score (nSPS) is 17.9. The first-order valence-electron chi connectivity index (χ1n) is 7.85. The quantitative estimate of drug-likeness (QED) is 0.604. The molecule has 0 bridgehead atoms. The van der Waals surface area contributed by atoms with Gasteiger partial charge in [0.2, 0.25) is 10.0 Å². The lowest BCUT2D eigenvalue weighted by molar-refractivity contribution is -0.142. The summed E-state index contributed by atoms with van der Waals surface area (Å²) >= 11 is 0. The number of morpholine rings is 1. The van der Waals surface area contributed by atoms with Gasteiger partial charge in [-0.05, 0) is 12.1 Å². The largest absolute Gasteiger partial charge is 0.482 e. The van der Waals surface area contributed by atoms with E-state index in [2.05, 4.69) is 4.98 Å². The molecule has 1 aromatic heterocycles. The second-order valence-corrected chi connectivity index (χ2v) is 7.74. The molecule has 11 heteroatoms. The van der Waals surface area contributed by atoms with E-state index >= 15 is 0 Å². The molecule has 0 aliphatic carbocycles. The lowest BCUT2D eigenvalue weighted by Crippen LogP contribution is -2.52. The number of carboxylic acid groups (broad SMARTS) is 1. The first kappa shape index (κ1) is 20.1. The van der Waals surface area contributed by atoms with E-state index in [4.69, 9.17) is 14.6 Å². The Hall–Kier alpha value is -2.24. The summed E-state index contributed by atoms with van der Waals surface area (Å²) in [6.45, 7) is -0.239. The molecule has 10 nitrogen and oxygen atoms in total. The van der Waals surface area contributed by atoms with Crippen molar-refractivity contribution in [2.24, 2.45) is 0 Å². The van der Waals surface area contributed by atoms with Gasteiger partial charge >= 0.3 is 5.97 Å². The van der Waals surface area contributed by atoms with Crippen LogP contribution in [0.4, 0.5) is 0 Å². The van der Waals surface area contributed by atoms with Crippen LogP contribution in [0, 0.1) is 0 Å². The standard InChI is InChI=1S/C15H21N3O7S/c1-26(22,23)18(10-15(20)21)9-13-8-17(5-6-24-13)14(19)11-25-12-3-2-4-16-7-12/h2-4,7,13H,5-6,8-11H2,1H3,(H,20,21). The third kappa shape index (κ3) is 6.24. The molecule has 1 saturated heterocycles. The molecule has 1 atom stereocenters. The number of hydrogen-bond acceptors (Lipinski definition) is 7. The van der Waals surface area contributed by atoms with Crippen molar-refractivity contribution >= 4 is 21.9 Å². The van der Waals surface area contributed by atoms with Crippen LogP contribution in [0.5, 0.6) is 5.75 Å². The Morgan fingerprint density at radius 1 is 1.50 bits per heavy atom. The van der Waals surface area contributed by atoms with Gasteiger partial charge in [-0.2, -0.15) is 4.31 Å². The first-order chi connectivity index (χ1) is 12.3. The molecule has 1 fully saturated rings. The smallest absolute Gasteiger partial charge is 0.318 e. The van der Waals surface area contributed by atoms with Gasteiger partial charge in [-0.1, -0.05) is 0 Å². The number of amides is 1. The summed E-state index contributed by atoms with van der Waals surface area (Å²) in [5.74, 6) is -1.06. The summed E-state index contributed by atoms with van der Waals surface area (Å²) in [5, 5.41) is 8.86. The molecule has 1 aliphatic rings. The van der Waals surface area contributed by atoms with Gasteiger partial charge in [0.25, 0.3) is 5.91 Å². The molecule has 1 amide bonds. The maximum absolute atomic E-state index is 12.3. The van der Waals surface area contributed by atoms with Crippen molar-refractivity contribution in [1.82, 2.24) is 14.2 Å². The molecular formula is C15H21N3O7S.